The maximum absolute atomic E-state index is 12.5. The zero-order chi connectivity index (χ0) is 18.1. The third-order valence-electron chi connectivity index (χ3n) is 3.89. The van der Waals surface area contributed by atoms with Crippen LogP contribution in [0.2, 0.25) is 0 Å². The molecule has 2 aromatic carbocycles. The van der Waals surface area contributed by atoms with Gasteiger partial charge in [0.05, 0.1) is 13.7 Å². The van der Waals surface area contributed by atoms with Gasteiger partial charge in [-0.2, -0.15) is 0 Å². The molecule has 5 nitrogen and oxygen atoms in total. The average Bonchev–Trinajstić information content (AvgIpc) is 2.64. The Hall–Kier alpha value is -2.53. The van der Waals surface area contributed by atoms with Crippen molar-refractivity contribution in [3.05, 3.63) is 54.6 Å². The number of carbonyl (C=O) groups is 1. The number of hydrogen-bond donors (Lipinski definition) is 0. The molecule has 0 aliphatic rings. The largest absolute Gasteiger partial charge is 0.497 e. The van der Waals surface area contributed by atoms with E-state index >= 15 is 0 Å². The van der Waals surface area contributed by atoms with Crippen molar-refractivity contribution in [3.8, 4) is 11.5 Å². The quantitative estimate of drug-likeness (QED) is 0.702. The molecular weight excluding hydrogens is 316 g/mol. The highest BCUT2D eigenvalue weighted by molar-refractivity contribution is 5.94. The van der Waals surface area contributed by atoms with Crippen LogP contribution < -0.4 is 14.4 Å². The molecule has 134 valence electrons. The van der Waals surface area contributed by atoms with Gasteiger partial charge in [0, 0.05) is 18.8 Å². The molecule has 25 heavy (non-hydrogen) atoms. The number of anilines is 1. The number of ether oxygens (including phenoxy) is 2. The minimum atomic E-state index is 0.0839. The summed E-state index contributed by atoms with van der Waals surface area (Å²) in [7, 11) is 3.56. The highest BCUT2D eigenvalue weighted by atomic mass is 16.5. The molecule has 0 spiro atoms. The van der Waals surface area contributed by atoms with Crippen LogP contribution in [0.1, 0.15) is 6.92 Å². The van der Waals surface area contributed by atoms with Crippen molar-refractivity contribution >= 4 is 11.6 Å². The fourth-order valence-corrected chi connectivity index (χ4v) is 2.50. The van der Waals surface area contributed by atoms with E-state index in [4.69, 9.17) is 9.47 Å². The van der Waals surface area contributed by atoms with Gasteiger partial charge in [-0.3, -0.25) is 9.69 Å². The molecule has 1 amide bonds. The SMILES string of the molecule is CCN(C(=O)CN(C)CCOc1ccc(OC)cc1)c1ccccc1. The minimum Gasteiger partial charge on any atom is -0.497 e. The van der Waals surface area contributed by atoms with E-state index in [1.165, 1.54) is 0 Å². The van der Waals surface area contributed by atoms with E-state index in [0.29, 0.717) is 26.2 Å². The Labute approximate surface area is 149 Å². The standard InChI is InChI=1S/C20H26N2O3/c1-4-22(17-8-6-5-7-9-17)20(23)16-21(2)14-15-25-19-12-10-18(24-3)11-13-19/h5-13H,4,14-16H2,1-3H3. The normalized spacial score (nSPS) is 10.6. The van der Waals surface area contributed by atoms with Crippen LogP contribution in [-0.2, 0) is 4.79 Å². The first kappa shape index (κ1) is 18.8. The topological polar surface area (TPSA) is 42.0 Å². The van der Waals surface area contributed by atoms with Crippen LogP contribution in [0.25, 0.3) is 0 Å². The number of hydrogen-bond acceptors (Lipinski definition) is 4. The third-order valence-corrected chi connectivity index (χ3v) is 3.89. The first-order chi connectivity index (χ1) is 12.1. The highest BCUT2D eigenvalue weighted by Crippen LogP contribution is 2.17. The number of para-hydroxylation sites is 1. The third kappa shape index (κ3) is 5.80. The Balaban J connectivity index is 1.78. The van der Waals surface area contributed by atoms with E-state index in [1.54, 1.807) is 12.0 Å². The van der Waals surface area contributed by atoms with Crippen molar-refractivity contribution in [2.75, 3.05) is 45.3 Å². The number of amides is 1. The zero-order valence-corrected chi connectivity index (χ0v) is 15.1. The molecule has 0 radical (unpaired) electrons. The number of benzene rings is 2. The van der Waals surface area contributed by atoms with Gasteiger partial charge >= 0.3 is 0 Å². The first-order valence-corrected chi connectivity index (χ1v) is 8.45. The summed E-state index contributed by atoms with van der Waals surface area (Å²) in [6.07, 6.45) is 0. The summed E-state index contributed by atoms with van der Waals surface area (Å²) < 4.78 is 10.8. The molecule has 0 aromatic heterocycles. The molecule has 5 heteroatoms. The number of carbonyl (C=O) groups excluding carboxylic acids is 1. The average molecular weight is 342 g/mol. The summed E-state index contributed by atoms with van der Waals surface area (Å²) >= 11 is 0. The van der Waals surface area contributed by atoms with Crippen LogP contribution in [0.4, 0.5) is 5.69 Å². The van der Waals surface area contributed by atoms with Crippen LogP contribution in [0.5, 0.6) is 11.5 Å². The number of methoxy groups -OCH3 is 1. The summed E-state index contributed by atoms with van der Waals surface area (Å²) in [5.74, 6) is 1.68. The molecule has 0 heterocycles. The van der Waals surface area contributed by atoms with Crippen LogP contribution in [0.3, 0.4) is 0 Å². The van der Waals surface area contributed by atoms with Crippen molar-refractivity contribution in [3.63, 3.8) is 0 Å². The van der Waals surface area contributed by atoms with Crippen molar-refractivity contribution in [1.29, 1.82) is 0 Å². The Bertz CT molecular complexity index is 644. The van der Waals surface area contributed by atoms with Crippen molar-refractivity contribution in [2.45, 2.75) is 6.92 Å². The molecule has 0 bridgehead atoms. The molecule has 0 aliphatic carbocycles. The molecule has 0 unspecified atom stereocenters. The summed E-state index contributed by atoms with van der Waals surface area (Å²) in [5.41, 5.74) is 0.929. The summed E-state index contributed by atoms with van der Waals surface area (Å²) in [5, 5.41) is 0. The van der Waals surface area contributed by atoms with Crippen LogP contribution >= 0.6 is 0 Å². The van der Waals surface area contributed by atoms with E-state index < -0.39 is 0 Å². The molecule has 2 rings (SSSR count). The second-order valence-corrected chi connectivity index (χ2v) is 5.74. The van der Waals surface area contributed by atoms with E-state index in [2.05, 4.69) is 0 Å². The van der Waals surface area contributed by atoms with Gasteiger partial charge in [0.2, 0.25) is 5.91 Å². The number of nitrogens with zero attached hydrogens (tertiary/aromatic N) is 2. The maximum atomic E-state index is 12.5. The molecule has 0 aliphatic heterocycles. The predicted octanol–water partition coefficient (Wildman–Crippen LogP) is 3.06. The zero-order valence-electron chi connectivity index (χ0n) is 15.1. The smallest absolute Gasteiger partial charge is 0.241 e. The minimum absolute atomic E-state index is 0.0839. The van der Waals surface area contributed by atoms with Gasteiger partial charge in [-0.1, -0.05) is 18.2 Å². The molecule has 0 saturated heterocycles. The van der Waals surface area contributed by atoms with E-state index in [9.17, 15) is 4.79 Å². The molecular formula is C20H26N2O3. The van der Waals surface area contributed by atoms with Crippen molar-refractivity contribution in [2.24, 2.45) is 0 Å². The monoisotopic (exact) mass is 342 g/mol. The second-order valence-electron chi connectivity index (χ2n) is 5.74. The lowest BCUT2D eigenvalue weighted by Gasteiger charge is -2.24. The summed E-state index contributed by atoms with van der Waals surface area (Å²) in [6.45, 7) is 4.18. The first-order valence-electron chi connectivity index (χ1n) is 8.45. The van der Waals surface area contributed by atoms with Crippen LogP contribution in [0, 0.1) is 0 Å². The predicted molar refractivity (Wildman–Crippen MR) is 100 cm³/mol. The highest BCUT2D eigenvalue weighted by Gasteiger charge is 2.15. The Morgan fingerprint density at radius 3 is 2.24 bits per heavy atom. The Morgan fingerprint density at radius 1 is 1.00 bits per heavy atom. The second kappa shape index (κ2) is 9.69. The Morgan fingerprint density at radius 2 is 1.64 bits per heavy atom. The molecule has 0 N–H and O–H groups in total. The van der Waals surface area contributed by atoms with E-state index in [-0.39, 0.29) is 5.91 Å². The lowest BCUT2D eigenvalue weighted by atomic mass is 10.3. The lowest BCUT2D eigenvalue weighted by molar-refractivity contribution is -0.119. The van der Waals surface area contributed by atoms with Gasteiger partial charge in [-0.15, -0.1) is 0 Å². The maximum Gasteiger partial charge on any atom is 0.241 e. The van der Waals surface area contributed by atoms with Gasteiger partial charge < -0.3 is 14.4 Å². The summed E-state index contributed by atoms with van der Waals surface area (Å²) in [6, 6.07) is 17.2. The lowest BCUT2D eigenvalue weighted by Crippen LogP contribution is -2.40. The van der Waals surface area contributed by atoms with Gasteiger partial charge in [0.25, 0.3) is 0 Å². The number of rotatable bonds is 9. The van der Waals surface area contributed by atoms with Crippen LogP contribution in [0.15, 0.2) is 54.6 Å². The fourth-order valence-electron chi connectivity index (χ4n) is 2.50. The molecule has 0 fully saturated rings. The van der Waals surface area contributed by atoms with Gasteiger partial charge in [0.15, 0.2) is 0 Å². The van der Waals surface area contributed by atoms with Crippen molar-refractivity contribution in [1.82, 2.24) is 4.90 Å². The molecule has 2 aromatic rings. The Kier molecular flexibility index (Phi) is 7.29. The molecule has 0 atom stereocenters. The van der Waals surface area contributed by atoms with Gasteiger partial charge in [0.1, 0.15) is 18.1 Å². The van der Waals surface area contributed by atoms with Crippen molar-refractivity contribution < 1.29 is 14.3 Å². The van der Waals surface area contributed by atoms with Gasteiger partial charge in [-0.05, 0) is 50.4 Å². The van der Waals surface area contributed by atoms with E-state index in [1.807, 2.05) is 73.5 Å². The number of likely N-dealkylation sites (N-methyl/N-ethyl adjacent to an activating group) is 2. The fraction of sp³-hybridized carbons (Fsp3) is 0.350. The van der Waals surface area contributed by atoms with Crippen LogP contribution in [-0.4, -0.2) is 51.2 Å². The molecule has 0 saturated carbocycles. The van der Waals surface area contributed by atoms with E-state index in [0.717, 1.165) is 17.2 Å². The van der Waals surface area contributed by atoms with Gasteiger partial charge in [-0.25, -0.2) is 0 Å². The summed E-state index contributed by atoms with van der Waals surface area (Å²) in [4.78, 5) is 16.3.